The van der Waals surface area contributed by atoms with Crippen LogP contribution in [0.25, 0.3) is 0 Å². The van der Waals surface area contributed by atoms with Crippen molar-refractivity contribution in [2.45, 2.75) is 95.8 Å². The van der Waals surface area contributed by atoms with Crippen LogP contribution in [0, 0.1) is 0 Å². The zero-order valence-electron chi connectivity index (χ0n) is 24.8. The van der Waals surface area contributed by atoms with Gasteiger partial charge in [-0.1, -0.05) is 63.2 Å². The van der Waals surface area contributed by atoms with Gasteiger partial charge in [0.15, 0.2) is 14.6 Å². The molecule has 0 saturated carbocycles. The third-order valence-electron chi connectivity index (χ3n) is 7.97. The van der Waals surface area contributed by atoms with Crippen LogP contribution in [-0.2, 0) is 34.8 Å². The minimum absolute atomic E-state index is 0.0223. The van der Waals surface area contributed by atoms with Gasteiger partial charge in [0.25, 0.3) is 0 Å². The van der Waals surface area contributed by atoms with Gasteiger partial charge >= 0.3 is 5.97 Å². The van der Waals surface area contributed by atoms with E-state index in [2.05, 4.69) is 40.8 Å². The lowest BCUT2D eigenvalue weighted by Crippen LogP contribution is -2.46. The summed E-state index contributed by atoms with van der Waals surface area (Å²) in [5.41, 5.74) is 1.38. The molecule has 3 rings (SSSR count). The Morgan fingerprint density at radius 2 is 1.72 bits per heavy atom. The summed E-state index contributed by atoms with van der Waals surface area (Å²) in [4.78, 5) is 12.3. The van der Waals surface area contributed by atoms with E-state index in [1.165, 1.54) is 7.11 Å². The zero-order valence-corrected chi connectivity index (χ0v) is 25.8. The molecule has 7 nitrogen and oxygen atoms in total. The molecular formula is C31H46O7Si. The standard InChI is InChI=1S/C31H46O7Si/c1-30(2,3)39(7,8)38-26(20-28(32)34-6)18-19-31(4)27(36-29(37-31)24-12-10-9-11-13-24)22-35-21-23-14-16-25(33-5)17-15-23/h9-17,26-27,29H,18-22H2,1-8H3/t26-,27-,29?,31+/m0/s1. The topological polar surface area (TPSA) is 72.5 Å². The summed E-state index contributed by atoms with van der Waals surface area (Å²) in [5.74, 6) is 0.542. The van der Waals surface area contributed by atoms with E-state index in [1.807, 2.05) is 54.6 Å². The van der Waals surface area contributed by atoms with E-state index in [0.717, 1.165) is 16.9 Å². The van der Waals surface area contributed by atoms with Crippen molar-refractivity contribution in [3.05, 3.63) is 65.7 Å². The van der Waals surface area contributed by atoms with Crippen molar-refractivity contribution in [2.75, 3.05) is 20.8 Å². The number of hydrogen-bond acceptors (Lipinski definition) is 7. The summed E-state index contributed by atoms with van der Waals surface area (Å²) in [6, 6.07) is 17.8. The first-order valence-corrected chi connectivity index (χ1v) is 16.6. The average Bonchev–Trinajstić information content (AvgIpc) is 3.23. The SMILES string of the molecule is COC(=O)C[C@H](CC[C@@]1(C)OC(c2ccccc2)O[C@H]1COCc1ccc(OC)cc1)O[Si](C)(C)C(C)(C)C. The lowest BCUT2D eigenvalue weighted by molar-refractivity contribution is -0.143. The molecule has 1 aliphatic rings. The van der Waals surface area contributed by atoms with E-state index < -0.39 is 20.2 Å². The predicted molar refractivity (Wildman–Crippen MR) is 154 cm³/mol. The lowest BCUT2D eigenvalue weighted by atomic mass is 9.91. The van der Waals surface area contributed by atoms with E-state index >= 15 is 0 Å². The number of ether oxygens (including phenoxy) is 5. The lowest BCUT2D eigenvalue weighted by Gasteiger charge is -2.40. The Kier molecular flexibility index (Phi) is 10.8. The number of rotatable bonds is 13. The highest BCUT2D eigenvalue weighted by Crippen LogP contribution is 2.43. The zero-order chi connectivity index (χ0) is 28.7. The molecule has 39 heavy (non-hydrogen) atoms. The van der Waals surface area contributed by atoms with Crippen LogP contribution in [0.3, 0.4) is 0 Å². The number of carbonyl (C=O) groups is 1. The van der Waals surface area contributed by atoms with Crippen molar-refractivity contribution in [1.82, 2.24) is 0 Å². The van der Waals surface area contributed by atoms with Gasteiger partial charge in [-0.15, -0.1) is 0 Å². The largest absolute Gasteiger partial charge is 0.497 e. The Balaban J connectivity index is 1.73. The van der Waals surface area contributed by atoms with Gasteiger partial charge in [0.05, 0.1) is 45.6 Å². The molecule has 8 heteroatoms. The third-order valence-corrected chi connectivity index (χ3v) is 12.5. The van der Waals surface area contributed by atoms with Crippen LogP contribution in [0.2, 0.25) is 18.1 Å². The third kappa shape index (κ3) is 8.62. The van der Waals surface area contributed by atoms with Gasteiger partial charge in [0.1, 0.15) is 11.9 Å². The second kappa shape index (κ2) is 13.4. The van der Waals surface area contributed by atoms with Crippen LogP contribution in [0.5, 0.6) is 5.75 Å². The smallest absolute Gasteiger partial charge is 0.308 e. The quantitative estimate of drug-likeness (QED) is 0.197. The van der Waals surface area contributed by atoms with Gasteiger partial charge in [-0.05, 0) is 55.6 Å². The summed E-state index contributed by atoms with van der Waals surface area (Å²) in [6.07, 6.45) is 0.427. The second-order valence-electron chi connectivity index (χ2n) is 12.0. The van der Waals surface area contributed by atoms with Gasteiger partial charge in [-0.2, -0.15) is 0 Å². The van der Waals surface area contributed by atoms with Crippen LogP contribution in [0.4, 0.5) is 0 Å². The molecular weight excluding hydrogens is 512 g/mol. The Morgan fingerprint density at radius 3 is 2.31 bits per heavy atom. The van der Waals surface area contributed by atoms with Crippen LogP contribution in [0.15, 0.2) is 54.6 Å². The molecule has 216 valence electrons. The molecule has 1 heterocycles. The van der Waals surface area contributed by atoms with Crippen molar-refractivity contribution in [2.24, 2.45) is 0 Å². The minimum Gasteiger partial charge on any atom is -0.497 e. The van der Waals surface area contributed by atoms with Crippen LogP contribution < -0.4 is 4.74 Å². The fraction of sp³-hybridized carbons (Fsp3) is 0.581. The molecule has 1 aliphatic heterocycles. The van der Waals surface area contributed by atoms with Crippen molar-refractivity contribution >= 4 is 14.3 Å². The van der Waals surface area contributed by atoms with Gasteiger partial charge < -0.3 is 28.1 Å². The molecule has 1 fully saturated rings. The van der Waals surface area contributed by atoms with Crippen molar-refractivity contribution < 1.29 is 32.9 Å². The Hall–Kier alpha value is -2.23. The van der Waals surface area contributed by atoms with E-state index in [1.54, 1.807) is 7.11 Å². The first kappa shape index (κ1) is 31.3. The molecule has 2 aromatic rings. The molecule has 4 atom stereocenters. The van der Waals surface area contributed by atoms with E-state index in [-0.39, 0.29) is 29.6 Å². The monoisotopic (exact) mass is 558 g/mol. The summed E-state index contributed by atoms with van der Waals surface area (Å²) in [7, 11) is 0.960. The number of benzene rings is 2. The highest BCUT2D eigenvalue weighted by molar-refractivity contribution is 6.74. The molecule has 0 aromatic heterocycles. The maximum Gasteiger partial charge on any atom is 0.308 e. The average molecular weight is 559 g/mol. The van der Waals surface area contributed by atoms with E-state index in [9.17, 15) is 4.79 Å². The maximum absolute atomic E-state index is 12.3. The molecule has 0 bridgehead atoms. The maximum atomic E-state index is 12.3. The highest BCUT2D eigenvalue weighted by atomic mass is 28.4. The minimum atomic E-state index is -2.11. The van der Waals surface area contributed by atoms with Crippen molar-refractivity contribution in [3.63, 3.8) is 0 Å². The molecule has 1 saturated heterocycles. The number of methoxy groups -OCH3 is 2. The summed E-state index contributed by atoms with van der Waals surface area (Å²) >= 11 is 0. The highest BCUT2D eigenvalue weighted by Gasteiger charge is 2.47. The van der Waals surface area contributed by atoms with Crippen molar-refractivity contribution in [1.29, 1.82) is 0 Å². The van der Waals surface area contributed by atoms with Crippen molar-refractivity contribution in [3.8, 4) is 5.75 Å². The van der Waals surface area contributed by atoms with Crippen LogP contribution in [-0.4, -0.2) is 52.9 Å². The normalized spacial score (nSPS) is 22.5. The molecule has 2 aromatic carbocycles. The molecule has 0 spiro atoms. The number of esters is 1. The van der Waals surface area contributed by atoms with E-state index in [4.69, 9.17) is 28.1 Å². The van der Waals surface area contributed by atoms with Gasteiger partial charge in [0, 0.05) is 5.56 Å². The van der Waals surface area contributed by atoms with E-state index in [0.29, 0.717) is 26.1 Å². The summed E-state index contributed by atoms with van der Waals surface area (Å²) in [5, 5.41) is 0.0223. The first-order chi connectivity index (χ1) is 18.4. The molecule has 0 aliphatic carbocycles. The molecule has 0 radical (unpaired) electrons. The molecule has 1 unspecified atom stereocenters. The predicted octanol–water partition coefficient (Wildman–Crippen LogP) is 6.82. The van der Waals surface area contributed by atoms with Gasteiger partial charge in [0.2, 0.25) is 0 Å². The Bertz CT molecular complexity index is 1040. The summed E-state index contributed by atoms with van der Waals surface area (Å²) < 4.78 is 36.1. The summed E-state index contributed by atoms with van der Waals surface area (Å²) in [6.45, 7) is 13.9. The fourth-order valence-corrected chi connectivity index (χ4v) is 5.74. The molecule has 0 N–H and O–H groups in total. The number of carbonyl (C=O) groups excluding carboxylic acids is 1. The van der Waals surface area contributed by atoms with Crippen LogP contribution >= 0.6 is 0 Å². The fourth-order valence-electron chi connectivity index (χ4n) is 4.35. The Labute approximate surface area is 235 Å². The number of hydrogen-bond donors (Lipinski definition) is 0. The first-order valence-electron chi connectivity index (χ1n) is 13.7. The van der Waals surface area contributed by atoms with Crippen LogP contribution in [0.1, 0.15) is 64.4 Å². The van der Waals surface area contributed by atoms with Gasteiger partial charge in [-0.3, -0.25) is 4.79 Å². The van der Waals surface area contributed by atoms with Gasteiger partial charge in [-0.25, -0.2) is 0 Å². The second-order valence-corrected chi connectivity index (χ2v) is 16.7. The molecule has 0 amide bonds. The Morgan fingerprint density at radius 1 is 1.05 bits per heavy atom.